The Morgan fingerprint density at radius 2 is 0.927 bits per heavy atom. The second-order valence-electron chi connectivity index (χ2n) is 11.5. The van der Waals surface area contributed by atoms with Crippen molar-refractivity contribution in [3.8, 4) is 11.5 Å². The predicted octanol–water partition coefficient (Wildman–Crippen LogP) is 5.60. The second kappa shape index (κ2) is 13.8. The Kier molecular flexibility index (Phi) is 10.2. The summed E-state index contributed by atoms with van der Waals surface area (Å²) in [4.78, 5) is 53.8. The molecule has 2 aromatic carbocycles. The number of hydrogen-bond acceptors (Lipinski definition) is 6. The summed E-state index contributed by atoms with van der Waals surface area (Å²) in [5.74, 6) is 0.138. The highest BCUT2D eigenvalue weighted by molar-refractivity contribution is 6.06. The van der Waals surface area contributed by atoms with E-state index < -0.39 is 11.8 Å². The van der Waals surface area contributed by atoms with Gasteiger partial charge in [0.15, 0.2) is 0 Å². The van der Waals surface area contributed by atoms with Gasteiger partial charge in [-0.25, -0.2) is 0 Å². The molecule has 2 atom stereocenters. The Bertz CT molecular complexity index is 1130. The number of amides is 4. The first-order chi connectivity index (χ1) is 19.6. The van der Waals surface area contributed by atoms with Crippen LogP contribution in [-0.4, -0.2) is 58.7 Å². The first kappa shape index (κ1) is 30.3. The molecule has 0 saturated carbocycles. The summed E-state index contributed by atoms with van der Waals surface area (Å²) in [6.07, 6.45) is 4.70. The molecule has 2 saturated heterocycles. The first-order valence-corrected chi connectivity index (χ1v) is 14.9. The number of unbranched alkanes of at least 4 members (excludes halogenated alkanes) is 4. The van der Waals surface area contributed by atoms with Crippen molar-refractivity contribution in [2.45, 2.75) is 96.7 Å². The lowest BCUT2D eigenvalue weighted by Gasteiger charge is -2.16. The quantitative estimate of drug-likeness (QED) is 0.220. The fourth-order valence-corrected chi connectivity index (χ4v) is 5.53. The maximum absolute atomic E-state index is 12.9. The van der Waals surface area contributed by atoms with Gasteiger partial charge >= 0.3 is 0 Å². The molecule has 4 rings (SSSR count). The van der Waals surface area contributed by atoms with Gasteiger partial charge in [-0.1, -0.05) is 43.5 Å². The zero-order chi connectivity index (χ0) is 29.5. The molecule has 8 nitrogen and oxygen atoms in total. The number of imide groups is 2. The first-order valence-electron chi connectivity index (χ1n) is 14.9. The van der Waals surface area contributed by atoms with E-state index in [0.29, 0.717) is 13.1 Å². The Morgan fingerprint density at radius 1 is 0.585 bits per heavy atom. The summed E-state index contributed by atoms with van der Waals surface area (Å²) in [7, 11) is 0. The van der Waals surface area contributed by atoms with E-state index >= 15 is 0 Å². The van der Waals surface area contributed by atoms with Crippen molar-refractivity contribution < 1.29 is 28.7 Å². The van der Waals surface area contributed by atoms with Crippen LogP contribution < -0.4 is 9.47 Å². The molecule has 0 aromatic heterocycles. The van der Waals surface area contributed by atoms with Crippen LogP contribution in [0.3, 0.4) is 0 Å². The lowest BCUT2D eigenvalue weighted by molar-refractivity contribution is -0.140. The monoisotopic (exact) mass is 562 g/mol. The number of likely N-dealkylation sites (tertiary alicyclic amines) is 2. The molecule has 0 N–H and O–H groups in total. The van der Waals surface area contributed by atoms with Crippen LogP contribution in [-0.2, 0) is 19.2 Å². The van der Waals surface area contributed by atoms with Gasteiger partial charge in [-0.05, 0) is 75.9 Å². The normalized spacial score (nSPS) is 19.3. The van der Waals surface area contributed by atoms with E-state index in [4.69, 9.17) is 9.47 Å². The van der Waals surface area contributed by atoms with Crippen molar-refractivity contribution >= 4 is 23.6 Å². The molecule has 4 amide bonds. The van der Waals surface area contributed by atoms with E-state index in [2.05, 4.69) is 0 Å². The minimum atomic E-state index is -0.429. The minimum Gasteiger partial charge on any atom is -0.491 e. The van der Waals surface area contributed by atoms with Gasteiger partial charge < -0.3 is 9.47 Å². The summed E-state index contributed by atoms with van der Waals surface area (Å²) in [6, 6.07) is 14.9. The number of nitrogens with zero attached hydrogens (tertiary/aromatic N) is 2. The van der Waals surface area contributed by atoms with Crippen molar-refractivity contribution in [2.24, 2.45) is 0 Å². The average molecular weight is 563 g/mol. The fraction of sp³-hybridized carbons (Fsp3) is 0.515. The number of carbonyl (C=O) groups excluding carboxylic acids is 4. The summed E-state index contributed by atoms with van der Waals surface area (Å²) in [6.45, 7) is 8.69. The van der Waals surface area contributed by atoms with Crippen LogP contribution in [0, 0.1) is 0 Å². The second-order valence-corrected chi connectivity index (χ2v) is 11.5. The van der Waals surface area contributed by atoms with Crippen LogP contribution in [0.15, 0.2) is 48.5 Å². The Balaban J connectivity index is 1.15. The van der Waals surface area contributed by atoms with Gasteiger partial charge in [-0.3, -0.25) is 29.0 Å². The molecule has 2 unspecified atom stereocenters. The molecular weight excluding hydrogens is 520 g/mol. The van der Waals surface area contributed by atoms with Crippen molar-refractivity contribution in [2.75, 3.05) is 13.1 Å². The van der Waals surface area contributed by atoms with Crippen LogP contribution >= 0.6 is 0 Å². The molecule has 2 aliphatic heterocycles. The smallest absolute Gasteiger partial charge is 0.237 e. The van der Waals surface area contributed by atoms with Crippen LogP contribution in [0.2, 0.25) is 0 Å². The standard InChI is InChI=1S/C33H42N2O6/c1-22(2)40-26-14-10-24(11-15-26)28-20-30(36)34(32(28)38)18-8-6-5-7-9-19-35-31(37)21-29(33(35)39)25-12-16-27(17-13-25)41-23(3)4/h10-17,22-23,28-29H,5-9,18-21H2,1-4H3. The minimum absolute atomic E-state index is 0.0720. The van der Waals surface area contributed by atoms with Crippen molar-refractivity contribution in [1.82, 2.24) is 9.80 Å². The zero-order valence-electron chi connectivity index (χ0n) is 24.6. The third kappa shape index (κ3) is 7.75. The molecule has 41 heavy (non-hydrogen) atoms. The molecule has 0 radical (unpaired) electrons. The Labute approximate surface area is 243 Å². The highest BCUT2D eigenvalue weighted by Crippen LogP contribution is 2.32. The fourth-order valence-electron chi connectivity index (χ4n) is 5.53. The van der Waals surface area contributed by atoms with Crippen molar-refractivity contribution in [3.63, 3.8) is 0 Å². The highest BCUT2D eigenvalue weighted by Gasteiger charge is 2.40. The predicted molar refractivity (Wildman–Crippen MR) is 156 cm³/mol. The lowest BCUT2D eigenvalue weighted by Crippen LogP contribution is -2.31. The van der Waals surface area contributed by atoms with Crippen molar-refractivity contribution in [1.29, 1.82) is 0 Å². The van der Waals surface area contributed by atoms with Gasteiger partial charge in [0.1, 0.15) is 11.5 Å². The summed E-state index contributed by atoms with van der Waals surface area (Å²) in [5, 5.41) is 0. The van der Waals surface area contributed by atoms with Gasteiger partial charge in [-0.15, -0.1) is 0 Å². The summed E-state index contributed by atoms with van der Waals surface area (Å²) < 4.78 is 11.3. The highest BCUT2D eigenvalue weighted by atomic mass is 16.5. The van der Waals surface area contributed by atoms with E-state index in [9.17, 15) is 19.2 Å². The summed E-state index contributed by atoms with van der Waals surface area (Å²) in [5.41, 5.74) is 1.68. The molecule has 2 aromatic rings. The number of hydrogen-bond donors (Lipinski definition) is 0. The van der Waals surface area contributed by atoms with Gasteiger partial charge in [0.05, 0.1) is 24.0 Å². The molecule has 0 bridgehead atoms. The third-order valence-electron chi connectivity index (χ3n) is 7.56. The van der Waals surface area contributed by atoms with E-state index in [0.717, 1.165) is 54.7 Å². The molecule has 0 aliphatic carbocycles. The van der Waals surface area contributed by atoms with E-state index in [1.165, 1.54) is 9.80 Å². The number of carbonyl (C=O) groups is 4. The number of ether oxygens (including phenoxy) is 2. The van der Waals surface area contributed by atoms with Crippen LogP contribution in [0.5, 0.6) is 11.5 Å². The topological polar surface area (TPSA) is 93.2 Å². The number of benzene rings is 2. The van der Waals surface area contributed by atoms with Gasteiger partial charge in [0.2, 0.25) is 23.6 Å². The molecule has 220 valence electrons. The van der Waals surface area contributed by atoms with Gasteiger partial charge in [0, 0.05) is 25.9 Å². The molecule has 2 heterocycles. The maximum Gasteiger partial charge on any atom is 0.237 e. The summed E-state index contributed by atoms with van der Waals surface area (Å²) >= 11 is 0. The maximum atomic E-state index is 12.9. The third-order valence-corrected chi connectivity index (χ3v) is 7.56. The molecule has 0 spiro atoms. The molecular formula is C33H42N2O6. The molecule has 8 heteroatoms. The van der Waals surface area contributed by atoms with Crippen LogP contribution in [0.25, 0.3) is 0 Å². The van der Waals surface area contributed by atoms with E-state index in [1.807, 2.05) is 76.2 Å². The van der Waals surface area contributed by atoms with Crippen LogP contribution in [0.4, 0.5) is 0 Å². The van der Waals surface area contributed by atoms with Gasteiger partial charge in [0.25, 0.3) is 0 Å². The Morgan fingerprint density at radius 3 is 1.27 bits per heavy atom. The van der Waals surface area contributed by atoms with Crippen molar-refractivity contribution in [3.05, 3.63) is 59.7 Å². The van der Waals surface area contributed by atoms with E-state index in [1.54, 1.807) is 0 Å². The van der Waals surface area contributed by atoms with Gasteiger partial charge in [-0.2, -0.15) is 0 Å². The SMILES string of the molecule is CC(C)Oc1ccc(C2CC(=O)N(CCCCCCCN3C(=O)CC(c4ccc(OC(C)C)cc4)C3=O)C2=O)cc1. The molecule has 2 aliphatic rings. The average Bonchev–Trinajstić information content (AvgIpc) is 3.37. The van der Waals surface area contributed by atoms with E-state index in [-0.39, 0.29) is 48.7 Å². The molecule has 2 fully saturated rings. The zero-order valence-corrected chi connectivity index (χ0v) is 24.6. The lowest BCUT2D eigenvalue weighted by atomic mass is 9.97. The Hall–Kier alpha value is -3.68. The largest absolute Gasteiger partial charge is 0.491 e. The number of rotatable bonds is 14. The van der Waals surface area contributed by atoms with Crippen LogP contribution in [0.1, 0.15) is 95.6 Å².